The Hall–Kier alpha value is -0.940. The van der Waals surface area contributed by atoms with Crippen LogP contribution in [0.3, 0.4) is 0 Å². The zero-order valence-electron chi connectivity index (χ0n) is 7.39. The van der Waals surface area contributed by atoms with E-state index in [-0.39, 0.29) is 0 Å². The fraction of sp³-hybridized carbons (Fsp3) is 0.250. The molecule has 0 saturated carbocycles. The second kappa shape index (κ2) is 3.08. The first-order chi connectivity index (χ1) is 6.20. The highest BCUT2D eigenvalue weighted by Gasteiger charge is 2.07. The van der Waals surface area contributed by atoms with Crippen LogP contribution in [0.5, 0.6) is 0 Å². The summed E-state index contributed by atoms with van der Waals surface area (Å²) in [6, 6.07) is 4.06. The summed E-state index contributed by atoms with van der Waals surface area (Å²) in [5.74, 6) is 0.933. The quantitative estimate of drug-likeness (QED) is 0.675. The number of nitrogens with zero attached hydrogens (tertiary/aromatic N) is 3. The van der Waals surface area contributed by atoms with Gasteiger partial charge in [-0.25, -0.2) is 4.68 Å². The molecule has 0 aromatic carbocycles. The molecule has 2 aromatic rings. The van der Waals surface area contributed by atoms with Crippen molar-refractivity contribution in [1.29, 1.82) is 0 Å². The summed E-state index contributed by atoms with van der Waals surface area (Å²) in [5, 5.41) is 6.37. The van der Waals surface area contributed by atoms with Gasteiger partial charge in [0.1, 0.15) is 0 Å². The predicted molar refractivity (Wildman–Crippen MR) is 56.3 cm³/mol. The Balaban J connectivity index is 2.66. The predicted octanol–water partition coefficient (Wildman–Crippen LogP) is 2.22. The first kappa shape index (κ1) is 8.65. The van der Waals surface area contributed by atoms with Gasteiger partial charge < -0.3 is 4.57 Å². The lowest BCUT2D eigenvalue weighted by Gasteiger charge is -1.93. The summed E-state index contributed by atoms with van der Waals surface area (Å²) >= 11 is 6.83. The van der Waals surface area contributed by atoms with Gasteiger partial charge in [-0.2, -0.15) is 5.10 Å². The third-order valence-corrected chi connectivity index (χ3v) is 3.27. The van der Waals surface area contributed by atoms with Gasteiger partial charge in [0.05, 0.1) is 4.88 Å². The fourth-order valence-corrected chi connectivity index (χ4v) is 2.05. The van der Waals surface area contributed by atoms with Crippen LogP contribution in [0, 0.1) is 4.77 Å². The number of hydrogen-bond acceptors (Lipinski definition) is 3. The molecule has 13 heavy (non-hydrogen) atoms. The average Bonchev–Trinajstić information content (AvgIpc) is 2.70. The molecule has 0 saturated heterocycles. The van der Waals surface area contributed by atoms with Gasteiger partial charge in [-0.15, -0.1) is 11.3 Å². The van der Waals surface area contributed by atoms with Gasteiger partial charge in [-0.1, -0.05) is 6.07 Å². The van der Waals surface area contributed by atoms with Crippen molar-refractivity contribution in [2.45, 2.75) is 0 Å². The molecule has 0 spiro atoms. The molecule has 3 nitrogen and oxygen atoms in total. The SMILES string of the molecule is Cn1nc(-c2cccs2)n(C)c1=S. The zero-order valence-corrected chi connectivity index (χ0v) is 9.02. The van der Waals surface area contributed by atoms with Crippen molar-refractivity contribution in [3.05, 3.63) is 22.3 Å². The summed E-state index contributed by atoms with van der Waals surface area (Å²) in [5.41, 5.74) is 0. The monoisotopic (exact) mass is 211 g/mol. The van der Waals surface area contributed by atoms with Crippen LogP contribution in [0.4, 0.5) is 0 Å². The zero-order chi connectivity index (χ0) is 9.42. The Labute approximate surface area is 85.3 Å². The Morgan fingerprint density at radius 2 is 2.23 bits per heavy atom. The van der Waals surface area contributed by atoms with E-state index in [1.165, 1.54) is 0 Å². The van der Waals surface area contributed by atoms with Crippen LogP contribution in [0.2, 0.25) is 0 Å². The molecule has 0 aliphatic carbocycles. The van der Waals surface area contributed by atoms with Crippen molar-refractivity contribution in [1.82, 2.24) is 14.3 Å². The van der Waals surface area contributed by atoms with Crippen molar-refractivity contribution < 1.29 is 0 Å². The van der Waals surface area contributed by atoms with Crippen molar-refractivity contribution in [3.8, 4) is 10.7 Å². The summed E-state index contributed by atoms with van der Waals surface area (Å²) in [6.07, 6.45) is 0. The molecule has 0 amide bonds. The third-order valence-electron chi connectivity index (χ3n) is 1.87. The number of hydrogen-bond donors (Lipinski definition) is 0. The molecular formula is C8H9N3S2. The molecule has 0 aliphatic rings. The fourth-order valence-electron chi connectivity index (χ4n) is 1.18. The van der Waals surface area contributed by atoms with E-state index >= 15 is 0 Å². The molecule has 0 bridgehead atoms. The van der Waals surface area contributed by atoms with E-state index in [1.54, 1.807) is 16.0 Å². The Bertz CT molecular complexity index is 464. The van der Waals surface area contributed by atoms with Gasteiger partial charge in [0.2, 0.25) is 0 Å². The van der Waals surface area contributed by atoms with Gasteiger partial charge in [0, 0.05) is 14.1 Å². The molecular weight excluding hydrogens is 202 g/mol. The van der Waals surface area contributed by atoms with Crippen molar-refractivity contribution in [2.24, 2.45) is 14.1 Å². The number of thiophene rings is 1. The first-order valence-corrected chi connectivity index (χ1v) is 5.13. The van der Waals surface area contributed by atoms with E-state index in [0.717, 1.165) is 15.5 Å². The normalized spacial score (nSPS) is 10.6. The maximum Gasteiger partial charge on any atom is 0.197 e. The summed E-state index contributed by atoms with van der Waals surface area (Å²) in [4.78, 5) is 1.15. The first-order valence-electron chi connectivity index (χ1n) is 3.84. The van der Waals surface area contributed by atoms with Crippen molar-refractivity contribution in [3.63, 3.8) is 0 Å². The summed E-state index contributed by atoms with van der Waals surface area (Å²) in [7, 11) is 3.80. The molecule has 68 valence electrons. The molecule has 0 atom stereocenters. The summed E-state index contributed by atoms with van der Waals surface area (Å²) < 4.78 is 4.37. The van der Waals surface area contributed by atoms with E-state index in [2.05, 4.69) is 5.10 Å². The Morgan fingerprint density at radius 3 is 2.69 bits per heavy atom. The van der Waals surface area contributed by atoms with Gasteiger partial charge in [0.15, 0.2) is 10.6 Å². The highest BCUT2D eigenvalue weighted by atomic mass is 32.1. The minimum Gasteiger partial charge on any atom is -0.302 e. The maximum absolute atomic E-state index is 5.16. The number of rotatable bonds is 1. The Morgan fingerprint density at radius 1 is 1.46 bits per heavy atom. The van der Waals surface area contributed by atoms with Crippen LogP contribution in [-0.2, 0) is 14.1 Å². The lowest BCUT2D eigenvalue weighted by Crippen LogP contribution is -1.91. The molecule has 0 fully saturated rings. The highest BCUT2D eigenvalue weighted by molar-refractivity contribution is 7.71. The molecule has 0 aliphatic heterocycles. The molecule has 0 radical (unpaired) electrons. The van der Waals surface area contributed by atoms with E-state index < -0.39 is 0 Å². The summed E-state index contributed by atoms with van der Waals surface area (Å²) in [6.45, 7) is 0. The van der Waals surface area contributed by atoms with Crippen LogP contribution >= 0.6 is 23.6 Å². The standard InChI is InChI=1S/C8H9N3S2/c1-10-7(6-4-3-5-13-6)9-11(2)8(10)12/h3-5H,1-2H3. The van der Waals surface area contributed by atoms with Crippen LogP contribution < -0.4 is 0 Å². The highest BCUT2D eigenvalue weighted by Crippen LogP contribution is 2.22. The van der Waals surface area contributed by atoms with Crippen molar-refractivity contribution in [2.75, 3.05) is 0 Å². The molecule has 2 heterocycles. The van der Waals surface area contributed by atoms with Gasteiger partial charge >= 0.3 is 0 Å². The van der Waals surface area contributed by atoms with Crippen LogP contribution in [0.15, 0.2) is 17.5 Å². The van der Waals surface area contributed by atoms with Gasteiger partial charge in [0.25, 0.3) is 0 Å². The molecule has 5 heteroatoms. The lowest BCUT2D eigenvalue weighted by molar-refractivity contribution is 0.741. The second-order valence-electron chi connectivity index (χ2n) is 2.77. The number of aromatic nitrogens is 3. The Kier molecular flexibility index (Phi) is 2.05. The lowest BCUT2D eigenvalue weighted by atomic mass is 10.4. The average molecular weight is 211 g/mol. The van der Waals surface area contributed by atoms with E-state index in [9.17, 15) is 0 Å². The van der Waals surface area contributed by atoms with Crippen LogP contribution in [0.25, 0.3) is 10.7 Å². The smallest absolute Gasteiger partial charge is 0.197 e. The minimum absolute atomic E-state index is 0.739. The minimum atomic E-state index is 0.739. The van der Waals surface area contributed by atoms with Gasteiger partial charge in [-0.05, 0) is 23.7 Å². The molecule has 0 N–H and O–H groups in total. The third kappa shape index (κ3) is 1.34. The van der Waals surface area contributed by atoms with Gasteiger partial charge in [-0.3, -0.25) is 0 Å². The van der Waals surface area contributed by atoms with E-state index in [0.29, 0.717) is 0 Å². The number of aryl methyl sites for hydroxylation is 1. The second-order valence-corrected chi connectivity index (χ2v) is 4.08. The van der Waals surface area contributed by atoms with E-state index in [1.807, 2.05) is 36.2 Å². The van der Waals surface area contributed by atoms with Crippen LogP contribution in [-0.4, -0.2) is 14.3 Å². The van der Waals surface area contributed by atoms with E-state index in [4.69, 9.17) is 12.2 Å². The largest absolute Gasteiger partial charge is 0.302 e. The topological polar surface area (TPSA) is 22.8 Å². The molecule has 0 unspecified atom stereocenters. The van der Waals surface area contributed by atoms with Crippen LogP contribution in [0.1, 0.15) is 0 Å². The molecule has 2 aromatic heterocycles. The van der Waals surface area contributed by atoms with Crippen molar-refractivity contribution >= 4 is 23.6 Å². The molecule has 2 rings (SSSR count). The maximum atomic E-state index is 5.16.